The quantitative estimate of drug-likeness (QED) is 0.386. The second-order valence-electron chi connectivity index (χ2n) is 8.03. The Morgan fingerprint density at radius 2 is 1.21 bits per heavy atom. The van der Waals surface area contributed by atoms with Crippen LogP contribution in [0.5, 0.6) is 0 Å². The van der Waals surface area contributed by atoms with E-state index in [2.05, 4.69) is 92.6 Å². The van der Waals surface area contributed by atoms with E-state index in [-0.39, 0.29) is 6.17 Å². The van der Waals surface area contributed by atoms with Gasteiger partial charge in [0.25, 0.3) is 0 Å². The van der Waals surface area contributed by atoms with Crippen molar-refractivity contribution < 1.29 is 0 Å². The van der Waals surface area contributed by atoms with Crippen LogP contribution in [0.3, 0.4) is 0 Å². The fourth-order valence-corrected chi connectivity index (χ4v) is 4.45. The van der Waals surface area contributed by atoms with Gasteiger partial charge in [-0.3, -0.25) is 9.80 Å². The van der Waals surface area contributed by atoms with Gasteiger partial charge in [0.1, 0.15) is 0 Å². The van der Waals surface area contributed by atoms with Gasteiger partial charge in [-0.1, -0.05) is 54.6 Å². The summed E-state index contributed by atoms with van der Waals surface area (Å²) in [6.45, 7) is 0. The minimum Gasteiger partial charge on any atom is -0.398 e. The second-order valence-corrected chi connectivity index (χ2v) is 8.03. The lowest BCUT2D eigenvalue weighted by Gasteiger charge is -2.33. The molecule has 0 bridgehead atoms. The Bertz CT molecular complexity index is 1190. The number of rotatable bonds is 4. The van der Waals surface area contributed by atoms with Crippen molar-refractivity contribution in [1.82, 2.24) is 9.80 Å². The molecule has 148 valence electrons. The molecule has 0 fully saturated rings. The van der Waals surface area contributed by atoms with Crippen LogP contribution >= 0.6 is 0 Å². The van der Waals surface area contributed by atoms with Crippen molar-refractivity contribution in [1.29, 1.82) is 0 Å². The zero-order valence-electron chi connectivity index (χ0n) is 17.5. The third kappa shape index (κ3) is 3.20. The fraction of sp³-hybridized carbons (Fsp3) is 0.200. The number of benzene rings is 4. The molecule has 0 aliphatic heterocycles. The molecule has 0 spiro atoms. The standard InChI is InChI=1S/C25H28N4/c1-28(2)25(29(3)4)20-15-17-10-6-8-12-19(17)23(24(20)27)22-18-11-7-5-9-16(18)13-14-21(22)26/h5-15,25H,26-27H2,1-4H3. The molecule has 0 amide bonds. The summed E-state index contributed by atoms with van der Waals surface area (Å²) in [5, 5.41) is 4.55. The number of hydrogen-bond donors (Lipinski definition) is 2. The van der Waals surface area contributed by atoms with Crippen molar-refractivity contribution >= 4 is 32.9 Å². The van der Waals surface area contributed by atoms with Gasteiger partial charge < -0.3 is 11.5 Å². The highest BCUT2D eigenvalue weighted by molar-refractivity contribution is 6.13. The Morgan fingerprint density at radius 3 is 1.83 bits per heavy atom. The van der Waals surface area contributed by atoms with Crippen LogP contribution in [0.2, 0.25) is 0 Å². The minimum atomic E-state index is 0.0505. The monoisotopic (exact) mass is 384 g/mol. The molecule has 0 unspecified atom stereocenters. The Hall–Kier alpha value is -3.08. The van der Waals surface area contributed by atoms with E-state index in [1.165, 1.54) is 0 Å². The third-order valence-electron chi connectivity index (χ3n) is 5.59. The molecule has 0 heterocycles. The molecule has 4 aromatic carbocycles. The smallest absolute Gasteiger partial charge is 0.0896 e. The summed E-state index contributed by atoms with van der Waals surface area (Å²) in [7, 11) is 8.30. The summed E-state index contributed by atoms with van der Waals surface area (Å²) in [6.07, 6.45) is 0.0505. The Morgan fingerprint density at radius 1 is 0.655 bits per heavy atom. The first kappa shape index (κ1) is 19.2. The summed E-state index contributed by atoms with van der Waals surface area (Å²) in [5.74, 6) is 0. The van der Waals surface area contributed by atoms with Gasteiger partial charge in [0.05, 0.1) is 6.17 Å². The topological polar surface area (TPSA) is 58.5 Å². The van der Waals surface area contributed by atoms with Gasteiger partial charge >= 0.3 is 0 Å². The maximum atomic E-state index is 6.91. The van der Waals surface area contributed by atoms with Crippen molar-refractivity contribution in [3.63, 3.8) is 0 Å². The molecule has 0 radical (unpaired) electrons. The molecule has 0 aromatic heterocycles. The zero-order valence-corrected chi connectivity index (χ0v) is 17.5. The Kier molecular flexibility index (Phi) is 4.91. The van der Waals surface area contributed by atoms with Crippen LogP contribution in [0, 0.1) is 0 Å². The summed E-state index contributed by atoms with van der Waals surface area (Å²) in [4.78, 5) is 4.35. The highest BCUT2D eigenvalue weighted by Gasteiger charge is 2.24. The SMILES string of the molecule is CN(C)C(c1cc2ccccc2c(-c2c(N)ccc3ccccc23)c1N)N(C)C. The average Bonchev–Trinajstić information content (AvgIpc) is 2.69. The highest BCUT2D eigenvalue weighted by atomic mass is 15.3. The molecule has 4 N–H and O–H groups in total. The van der Waals surface area contributed by atoms with E-state index >= 15 is 0 Å². The maximum absolute atomic E-state index is 6.91. The van der Waals surface area contributed by atoms with Crippen LogP contribution in [0.15, 0.2) is 66.7 Å². The number of nitrogens with zero attached hydrogens (tertiary/aromatic N) is 2. The van der Waals surface area contributed by atoms with Crippen molar-refractivity contribution in [3.8, 4) is 11.1 Å². The summed E-state index contributed by atoms with van der Waals surface area (Å²) < 4.78 is 0. The summed E-state index contributed by atoms with van der Waals surface area (Å²) in [6, 6.07) is 23.0. The Balaban J connectivity index is 2.16. The first-order valence-corrected chi connectivity index (χ1v) is 9.81. The Labute approximate surface area is 172 Å². The zero-order chi connectivity index (χ0) is 20.7. The molecular formula is C25H28N4. The number of hydrogen-bond acceptors (Lipinski definition) is 4. The molecule has 0 aliphatic rings. The lowest BCUT2D eigenvalue weighted by molar-refractivity contribution is 0.131. The van der Waals surface area contributed by atoms with Crippen molar-refractivity contribution in [2.75, 3.05) is 39.7 Å². The molecule has 0 atom stereocenters. The molecule has 4 rings (SSSR count). The average molecular weight is 385 g/mol. The molecule has 4 nitrogen and oxygen atoms in total. The molecule has 0 aliphatic carbocycles. The van der Waals surface area contributed by atoms with Crippen LogP contribution < -0.4 is 11.5 Å². The summed E-state index contributed by atoms with van der Waals surface area (Å²) in [5.41, 5.74) is 18.1. The van der Waals surface area contributed by atoms with Crippen molar-refractivity contribution in [2.45, 2.75) is 6.17 Å². The van der Waals surface area contributed by atoms with Crippen LogP contribution in [-0.2, 0) is 0 Å². The van der Waals surface area contributed by atoms with E-state index in [9.17, 15) is 0 Å². The van der Waals surface area contributed by atoms with Gasteiger partial charge in [0.2, 0.25) is 0 Å². The molecule has 0 saturated carbocycles. The van der Waals surface area contributed by atoms with Crippen LogP contribution in [-0.4, -0.2) is 38.0 Å². The maximum Gasteiger partial charge on any atom is 0.0896 e. The van der Waals surface area contributed by atoms with E-state index < -0.39 is 0 Å². The number of nitrogen functional groups attached to an aromatic ring is 2. The van der Waals surface area contributed by atoms with E-state index in [0.717, 1.165) is 49.6 Å². The summed E-state index contributed by atoms with van der Waals surface area (Å²) >= 11 is 0. The van der Waals surface area contributed by atoms with Gasteiger partial charge in [-0.25, -0.2) is 0 Å². The van der Waals surface area contributed by atoms with Crippen LogP contribution in [0.4, 0.5) is 11.4 Å². The lowest BCUT2D eigenvalue weighted by Crippen LogP contribution is -2.33. The normalized spacial score (nSPS) is 12.0. The molecular weight excluding hydrogens is 356 g/mol. The van der Waals surface area contributed by atoms with Gasteiger partial charge in [0, 0.05) is 28.1 Å². The van der Waals surface area contributed by atoms with Gasteiger partial charge in [-0.15, -0.1) is 0 Å². The molecule has 29 heavy (non-hydrogen) atoms. The van der Waals surface area contributed by atoms with Gasteiger partial charge in [-0.05, 0) is 61.9 Å². The van der Waals surface area contributed by atoms with Gasteiger partial charge in [0.15, 0.2) is 0 Å². The van der Waals surface area contributed by atoms with Crippen molar-refractivity contribution in [3.05, 3.63) is 72.3 Å². The predicted molar refractivity (Wildman–Crippen MR) is 126 cm³/mol. The number of anilines is 2. The highest BCUT2D eigenvalue weighted by Crippen LogP contribution is 2.44. The lowest BCUT2D eigenvalue weighted by atomic mass is 9.88. The van der Waals surface area contributed by atoms with Gasteiger partial charge in [-0.2, -0.15) is 0 Å². The number of nitrogens with two attached hydrogens (primary N) is 2. The minimum absolute atomic E-state index is 0.0505. The first-order valence-electron chi connectivity index (χ1n) is 9.81. The fourth-order valence-electron chi connectivity index (χ4n) is 4.45. The van der Waals surface area contributed by atoms with E-state index in [1.807, 2.05) is 12.1 Å². The van der Waals surface area contributed by atoms with Crippen LogP contribution in [0.1, 0.15) is 11.7 Å². The van der Waals surface area contributed by atoms with Crippen LogP contribution in [0.25, 0.3) is 32.7 Å². The largest absolute Gasteiger partial charge is 0.398 e. The van der Waals surface area contributed by atoms with E-state index in [0.29, 0.717) is 0 Å². The number of fused-ring (bicyclic) bond motifs is 2. The second kappa shape index (κ2) is 7.39. The molecule has 4 heteroatoms. The van der Waals surface area contributed by atoms with E-state index in [1.54, 1.807) is 0 Å². The third-order valence-corrected chi connectivity index (χ3v) is 5.59. The van der Waals surface area contributed by atoms with Crippen molar-refractivity contribution in [2.24, 2.45) is 0 Å². The predicted octanol–water partition coefficient (Wildman–Crippen LogP) is 4.95. The molecule has 4 aromatic rings. The first-order chi connectivity index (χ1) is 13.9. The molecule has 0 saturated heterocycles. The van der Waals surface area contributed by atoms with E-state index in [4.69, 9.17) is 11.5 Å².